The fourth-order valence-corrected chi connectivity index (χ4v) is 1.21. The van der Waals surface area contributed by atoms with E-state index in [2.05, 4.69) is 6.92 Å². The van der Waals surface area contributed by atoms with Crippen molar-refractivity contribution in [2.24, 2.45) is 5.92 Å². The monoisotopic (exact) mass is 119 g/mol. The molecule has 0 aromatic heterocycles. The van der Waals surface area contributed by atoms with Gasteiger partial charge >= 0.3 is 0 Å². The summed E-state index contributed by atoms with van der Waals surface area (Å²) in [4.78, 5) is 0. The summed E-state index contributed by atoms with van der Waals surface area (Å²) in [6, 6.07) is 0. The zero-order valence-corrected chi connectivity index (χ0v) is 5.28. The average Bonchev–Trinajstić information content (AvgIpc) is 1.87. The molecule has 1 heterocycles. The lowest BCUT2D eigenvalue weighted by atomic mass is 10.2. The van der Waals surface area contributed by atoms with Crippen LogP contribution in [0.2, 0.25) is 0 Å². The van der Waals surface area contributed by atoms with Crippen LogP contribution in [0.25, 0.3) is 0 Å². The van der Waals surface area contributed by atoms with Gasteiger partial charge in [-0.15, -0.1) is 0 Å². The Morgan fingerprint density at radius 1 is 1.71 bits per heavy atom. The molecule has 0 bridgehead atoms. The first kappa shape index (κ1) is 5.39. The van der Waals surface area contributed by atoms with Crippen LogP contribution in [0.15, 0.2) is 0 Å². The Kier molecular flexibility index (Phi) is 1.55. The second kappa shape index (κ2) is 2.01. The highest BCUT2D eigenvalue weighted by molar-refractivity contribution is 6.13. The van der Waals surface area contributed by atoms with E-state index in [4.69, 9.17) is 11.8 Å². The van der Waals surface area contributed by atoms with E-state index in [-0.39, 0.29) is 0 Å². The zero-order chi connectivity index (χ0) is 5.28. The predicted octanol–water partition coefficient (Wildman–Crippen LogP) is 1.48. The van der Waals surface area contributed by atoms with E-state index in [9.17, 15) is 0 Å². The van der Waals surface area contributed by atoms with Crippen LogP contribution in [0.4, 0.5) is 0 Å². The van der Waals surface area contributed by atoms with Crippen LogP contribution in [-0.2, 0) is 0 Å². The Morgan fingerprint density at radius 2 is 2.43 bits per heavy atom. The molecule has 2 heteroatoms. The lowest BCUT2D eigenvalue weighted by molar-refractivity contribution is 0.534. The molecule has 1 nitrogen and oxygen atoms in total. The molecule has 0 saturated carbocycles. The minimum Gasteiger partial charge on any atom is -0.220 e. The molecule has 0 radical (unpaired) electrons. The van der Waals surface area contributed by atoms with Crippen LogP contribution in [-0.4, -0.2) is 17.5 Å². The van der Waals surface area contributed by atoms with Crippen molar-refractivity contribution in [3.8, 4) is 0 Å². The van der Waals surface area contributed by atoms with E-state index in [1.807, 2.05) is 4.42 Å². The van der Waals surface area contributed by atoms with Gasteiger partial charge in [-0.1, -0.05) is 6.92 Å². The molecule has 1 unspecified atom stereocenters. The molecule has 0 N–H and O–H groups in total. The van der Waals surface area contributed by atoms with Crippen LogP contribution in [0.3, 0.4) is 0 Å². The van der Waals surface area contributed by atoms with Gasteiger partial charge in [0.05, 0.1) is 0 Å². The quantitative estimate of drug-likeness (QED) is 0.437. The first-order valence-electron chi connectivity index (χ1n) is 2.70. The average molecular weight is 120 g/mol. The molecule has 0 aromatic carbocycles. The van der Waals surface area contributed by atoms with Gasteiger partial charge in [0, 0.05) is 13.1 Å². The van der Waals surface area contributed by atoms with E-state index in [1.54, 1.807) is 0 Å². The molecule has 0 aliphatic carbocycles. The SMILES string of the molecule is CC1CCN(Cl)C1. The highest BCUT2D eigenvalue weighted by Gasteiger charge is 2.15. The summed E-state index contributed by atoms with van der Waals surface area (Å²) < 4.78 is 1.85. The zero-order valence-electron chi connectivity index (χ0n) is 4.52. The van der Waals surface area contributed by atoms with Gasteiger partial charge in [-0.2, -0.15) is 0 Å². The largest absolute Gasteiger partial charge is 0.220 e. The maximum atomic E-state index is 5.64. The predicted molar refractivity (Wildman–Crippen MR) is 31.2 cm³/mol. The van der Waals surface area contributed by atoms with Gasteiger partial charge < -0.3 is 0 Å². The summed E-state index contributed by atoms with van der Waals surface area (Å²) in [6.45, 7) is 4.37. The summed E-state index contributed by atoms with van der Waals surface area (Å²) in [7, 11) is 0. The van der Waals surface area contributed by atoms with Crippen molar-refractivity contribution < 1.29 is 0 Å². The van der Waals surface area contributed by atoms with Gasteiger partial charge in [-0.3, -0.25) is 0 Å². The third-order valence-electron chi connectivity index (χ3n) is 1.37. The normalized spacial score (nSPS) is 34.3. The summed E-state index contributed by atoms with van der Waals surface area (Å²) in [5, 5.41) is 0. The molecule has 42 valence electrons. The summed E-state index contributed by atoms with van der Waals surface area (Å²) in [5.41, 5.74) is 0. The second-order valence-electron chi connectivity index (χ2n) is 2.26. The maximum absolute atomic E-state index is 5.64. The molecular weight excluding hydrogens is 110 g/mol. The number of halogens is 1. The third kappa shape index (κ3) is 1.32. The molecule has 7 heavy (non-hydrogen) atoms. The summed E-state index contributed by atoms with van der Waals surface area (Å²) >= 11 is 5.64. The third-order valence-corrected chi connectivity index (χ3v) is 1.68. The van der Waals surface area contributed by atoms with Crippen LogP contribution < -0.4 is 0 Å². The van der Waals surface area contributed by atoms with Crippen molar-refractivity contribution in [3.05, 3.63) is 0 Å². The Balaban J connectivity index is 2.26. The van der Waals surface area contributed by atoms with Gasteiger partial charge in [0.1, 0.15) is 0 Å². The van der Waals surface area contributed by atoms with Crippen LogP contribution in [0.1, 0.15) is 13.3 Å². The highest BCUT2D eigenvalue weighted by Crippen LogP contribution is 2.15. The molecule has 0 aromatic rings. The molecule has 0 amide bonds. The first-order chi connectivity index (χ1) is 3.29. The number of hydrogen-bond acceptors (Lipinski definition) is 1. The Hall–Kier alpha value is 0.250. The maximum Gasteiger partial charge on any atom is 0.0165 e. The van der Waals surface area contributed by atoms with E-state index < -0.39 is 0 Å². The first-order valence-corrected chi connectivity index (χ1v) is 3.03. The van der Waals surface area contributed by atoms with Crippen LogP contribution in [0.5, 0.6) is 0 Å². The smallest absolute Gasteiger partial charge is 0.0165 e. The van der Waals surface area contributed by atoms with E-state index in [0.29, 0.717) is 0 Å². The highest BCUT2D eigenvalue weighted by atomic mass is 35.5. The fraction of sp³-hybridized carbons (Fsp3) is 1.00. The van der Waals surface area contributed by atoms with Crippen molar-refractivity contribution in [1.82, 2.24) is 4.42 Å². The Bertz CT molecular complexity index is 57.1. The van der Waals surface area contributed by atoms with E-state index in [1.165, 1.54) is 6.42 Å². The second-order valence-corrected chi connectivity index (χ2v) is 2.74. The molecule has 1 rings (SSSR count). The van der Waals surface area contributed by atoms with E-state index in [0.717, 1.165) is 19.0 Å². The van der Waals surface area contributed by atoms with Crippen LogP contribution in [0, 0.1) is 5.92 Å². The summed E-state index contributed by atoms with van der Waals surface area (Å²) in [6.07, 6.45) is 1.27. The topological polar surface area (TPSA) is 3.24 Å². The van der Waals surface area contributed by atoms with Gasteiger partial charge in [-0.25, -0.2) is 4.42 Å². The lowest BCUT2D eigenvalue weighted by Gasteiger charge is -1.99. The minimum atomic E-state index is 0.817. The standard InChI is InChI=1S/C5H10ClN/c1-5-2-3-7(6)4-5/h5H,2-4H2,1H3. The Labute approximate surface area is 49.4 Å². The van der Waals surface area contributed by atoms with Gasteiger partial charge in [-0.05, 0) is 24.1 Å². The molecule has 0 spiro atoms. The molecule has 1 aliphatic rings. The van der Waals surface area contributed by atoms with Crippen LogP contribution >= 0.6 is 11.8 Å². The molecule has 1 aliphatic heterocycles. The molecule has 1 atom stereocenters. The molecule has 1 fully saturated rings. The van der Waals surface area contributed by atoms with Crippen molar-refractivity contribution >= 4 is 11.8 Å². The number of rotatable bonds is 0. The minimum absolute atomic E-state index is 0.817. The van der Waals surface area contributed by atoms with Crippen molar-refractivity contribution in [2.75, 3.05) is 13.1 Å². The fourth-order valence-electron chi connectivity index (χ4n) is 0.881. The summed E-state index contributed by atoms with van der Waals surface area (Å²) in [5.74, 6) is 0.817. The van der Waals surface area contributed by atoms with Gasteiger partial charge in [0.25, 0.3) is 0 Å². The van der Waals surface area contributed by atoms with E-state index >= 15 is 0 Å². The lowest BCUT2D eigenvalue weighted by Crippen LogP contribution is -2.05. The van der Waals surface area contributed by atoms with Crippen molar-refractivity contribution in [2.45, 2.75) is 13.3 Å². The number of nitrogens with zero attached hydrogens (tertiary/aromatic N) is 1. The molecular formula is C5H10ClN. The van der Waals surface area contributed by atoms with Gasteiger partial charge in [0.15, 0.2) is 0 Å². The Morgan fingerprint density at radius 3 is 2.57 bits per heavy atom. The molecule has 1 saturated heterocycles. The van der Waals surface area contributed by atoms with Crippen molar-refractivity contribution in [3.63, 3.8) is 0 Å². The number of hydrogen-bond donors (Lipinski definition) is 0. The van der Waals surface area contributed by atoms with Crippen molar-refractivity contribution in [1.29, 1.82) is 0 Å². The van der Waals surface area contributed by atoms with Gasteiger partial charge in [0.2, 0.25) is 0 Å².